The zero-order valence-corrected chi connectivity index (χ0v) is 16.1. The van der Waals surface area contributed by atoms with Gasteiger partial charge in [0.2, 0.25) is 0 Å². The quantitative estimate of drug-likeness (QED) is 0.342. The van der Waals surface area contributed by atoms with Crippen molar-refractivity contribution >= 4 is 45.6 Å². The first-order valence-electron chi connectivity index (χ1n) is 5.69. The van der Waals surface area contributed by atoms with E-state index in [-0.39, 0.29) is 53.8 Å². The van der Waals surface area contributed by atoms with Gasteiger partial charge in [-0.05, 0) is 0 Å². The summed E-state index contributed by atoms with van der Waals surface area (Å²) in [5.74, 6) is 0. The summed E-state index contributed by atoms with van der Waals surface area (Å²) in [6, 6.07) is 0. The van der Waals surface area contributed by atoms with Gasteiger partial charge < -0.3 is 26.7 Å². The molecular formula is C10H31CaN2O5P+2. The molecule has 3 N–H and O–H groups in total. The summed E-state index contributed by atoms with van der Waals surface area (Å²) in [5.41, 5.74) is 0. The van der Waals surface area contributed by atoms with Crippen LogP contribution in [0.5, 0.6) is 0 Å². The van der Waals surface area contributed by atoms with Crippen LogP contribution in [0.2, 0.25) is 0 Å². The second-order valence-corrected chi connectivity index (χ2v) is 7.31. The largest absolute Gasteiger partial charge is 2.00 e. The van der Waals surface area contributed by atoms with E-state index in [1.165, 1.54) is 0 Å². The molecule has 0 rings (SSSR count). The first-order valence-corrected chi connectivity index (χ1v) is 7.22. The van der Waals surface area contributed by atoms with Gasteiger partial charge in [0, 0.05) is 0 Å². The van der Waals surface area contributed by atoms with E-state index < -0.39 is 7.82 Å². The van der Waals surface area contributed by atoms with Gasteiger partial charge in [0.25, 0.3) is 0 Å². The van der Waals surface area contributed by atoms with Crippen LogP contribution in [-0.2, 0) is 9.09 Å². The maximum atomic E-state index is 10.2. The minimum absolute atomic E-state index is 0. The van der Waals surface area contributed by atoms with E-state index in [0.29, 0.717) is 11.0 Å². The monoisotopic (exact) mass is 330 g/mol. The number of hydrogen-bond donors (Lipinski definition) is 3. The van der Waals surface area contributed by atoms with Crippen molar-refractivity contribution in [1.82, 2.24) is 0 Å². The van der Waals surface area contributed by atoms with Gasteiger partial charge in [-0.3, -0.25) is 4.52 Å². The van der Waals surface area contributed by atoms with Crippen molar-refractivity contribution < 1.29 is 35.8 Å². The number of phosphoric ester groups is 1. The zero-order chi connectivity index (χ0) is 15.0. The molecule has 0 fully saturated rings. The molecule has 0 saturated carbocycles. The van der Waals surface area contributed by atoms with E-state index in [1.807, 2.05) is 21.1 Å². The summed E-state index contributed by atoms with van der Waals surface area (Å²) in [6.45, 7) is 1.77. The van der Waals surface area contributed by atoms with Crippen molar-refractivity contribution in [2.45, 2.75) is 0 Å². The molecule has 9 heteroatoms. The fourth-order valence-corrected chi connectivity index (χ4v) is 1.05. The molecule has 0 unspecified atom stereocenters. The first kappa shape index (κ1) is 25.2. The maximum Gasteiger partial charge on any atom is 2.00 e. The predicted molar refractivity (Wildman–Crippen MR) is 78.9 cm³/mol. The van der Waals surface area contributed by atoms with Crippen LogP contribution in [0.25, 0.3) is 0 Å². The Labute approximate surface area is 149 Å². The number of phosphoric acid groups is 1. The molecule has 0 aliphatic rings. The Hall–Kier alpha value is 1.25. The summed E-state index contributed by atoms with van der Waals surface area (Å²) < 4.78 is 15.9. The number of rotatable bonds is 6. The topological polar surface area (TPSA) is 87.0 Å². The van der Waals surface area contributed by atoms with Crippen molar-refractivity contribution in [1.29, 1.82) is 0 Å². The Kier molecular flexibility index (Phi) is 14.5. The molecule has 0 atom stereocenters. The predicted octanol–water partition coefficient (Wildman–Crippen LogP) is -0.669. The molecular weight excluding hydrogens is 299 g/mol. The van der Waals surface area contributed by atoms with E-state index in [0.717, 1.165) is 11.0 Å². The number of aliphatic hydroxyl groups is 1. The van der Waals surface area contributed by atoms with Gasteiger partial charge in [-0.1, -0.05) is 0 Å². The molecule has 116 valence electrons. The van der Waals surface area contributed by atoms with Crippen LogP contribution in [0.1, 0.15) is 2.85 Å². The van der Waals surface area contributed by atoms with E-state index in [2.05, 4.69) is 25.7 Å². The van der Waals surface area contributed by atoms with Gasteiger partial charge in [-0.15, -0.1) is 0 Å². The third kappa shape index (κ3) is 32.6. The standard InChI is InChI=1S/C5H14NO4P.C5H14NO.Ca.2H/c1-6(2,3)4-5-10-11(7,8)9;1-6(2,3)4-5-7;;;/h4-5H2,1-3H3,(H-,7,8,9);7H,4-5H2,1-3H3;;;/q;+1;+2;2*-1/p+1. The molecule has 0 aromatic heterocycles. The van der Waals surface area contributed by atoms with Crippen LogP contribution in [0.15, 0.2) is 0 Å². The van der Waals surface area contributed by atoms with Crippen LogP contribution in [0.4, 0.5) is 0 Å². The Balaban J connectivity index is -0.0000000762. The fourth-order valence-electron chi connectivity index (χ4n) is 0.734. The normalized spacial score (nSPS) is 12.3. The number of quaternary nitrogens is 2. The molecule has 0 aliphatic carbocycles. The molecule has 0 heterocycles. The van der Waals surface area contributed by atoms with E-state index in [4.69, 9.17) is 14.9 Å². The van der Waals surface area contributed by atoms with Crippen molar-refractivity contribution in [3.8, 4) is 0 Å². The van der Waals surface area contributed by atoms with Crippen LogP contribution in [0, 0.1) is 0 Å². The zero-order valence-electron chi connectivity index (χ0n) is 15.0. The van der Waals surface area contributed by atoms with Gasteiger partial charge in [-0.25, -0.2) is 4.57 Å². The molecule has 7 nitrogen and oxygen atoms in total. The molecule has 0 radical (unpaired) electrons. The average molecular weight is 330 g/mol. The molecule has 0 aromatic rings. The SMILES string of the molecule is C[N+](C)(C)CCO.C[N+](C)(C)CCOP(=O)(O)O.[Ca+2].[H-].[H-]. The molecule has 0 bridgehead atoms. The van der Waals surface area contributed by atoms with E-state index in [9.17, 15) is 4.57 Å². The van der Waals surface area contributed by atoms with Gasteiger partial charge in [-0.2, -0.15) is 0 Å². The Bertz CT molecular complexity index is 269. The smallest absolute Gasteiger partial charge is 1.00 e. The van der Waals surface area contributed by atoms with Crippen molar-refractivity contribution in [2.24, 2.45) is 0 Å². The second kappa shape index (κ2) is 10.9. The van der Waals surface area contributed by atoms with Crippen LogP contribution >= 0.6 is 7.82 Å². The third-order valence-electron chi connectivity index (χ3n) is 1.79. The minimum atomic E-state index is -4.26. The average Bonchev–Trinajstić information content (AvgIpc) is 1.96. The molecule has 19 heavy (non-hydrogen) atoms. The van der Waals surface area contributed by atoms with Gasteiger partial charge in [0.15, 0.2) is 0 Å². The van der Waals surface area contributed by atoms with Gasteiger partial charge >= 0.3 is 45.6 Å². The third-order valence-corrected chi connectivity index (χ3v) is 2.31. The number of nitrogens with zero attached hydrogens (tertiary/aromatic N) is 2. The van der Waals surface area contributed by atoms with Gasteiger partial charge in [0.05, 0.1) is 48.9 Å². The molecule has 0 aliphatic heterocycles. The van der Waals surface area contributed by atoms with Crippen LogP contribution in [-0.4, -0.2) is 130 Å². The minimum Gasteiger partial charge on any atom is -1.00 e. The molecule has 0 amide bonds. The molecule has 0 spiro atoms. The summed E-state index contributed by atoms with van der Waals surface area (Å²) >= 11 is 0. The van der Waals surface area contributed by atoms with Crippen molar-refractivity contribution in [3.05, 3.63) is 0 Å². The number of hydrogen-bond acceptors (Lipinski definition) is 3. The number of likely N-dealkylation sites (N-methyl/N-ethyl adjacent to an activating group) is 2. The number of aliphatic hydroxyl groups excluding tert-OH is 1. The molecule has 0 aromatic carbocycles. The Morgan fingerprint density at radius 2 is 1.37 bits per heavy atom. The van der Waals surface area contributed by atoms with Crippen LogP contribution < -0.4 is 0 Å². The Morgan fingerprint density at radius 3 is 1.53 bits per heavy atom. The fraction of sp³-hybridized carbons (Fsp3) is 1.00. The summed E-state index contributed by atoms with van der Waals surface area (Å²) in [7, 11) is 7.65. The summed E-state index contributed by atoms with van der Waals surface area (Å²) in [6.07, 6.45) is 0. The summed E-state index contributed by atoms with van der Waals surface area (Å²) in [5, 5.41) is 8.39. The maximum absolute atomic E-state index is 10.2. The summed E-state index contributed by atoms with van der Waals surface area (Å²) in [4.78, 5) is 16.6. The van der Waals surface area contributed by atoms with E-state index >= 15 is 0 Å². The first-order chi connectivity index (χ1) is 7.77. The van der Waals surface area contributed by atoms with Crippen molar-refractivity contribution in [2.75, 3.05) is 68.6 Å². The van der Waals surface area contributed by atoms with Crippen molar-refractivity contribution in [3.63, 3.8) is 0 Å². The van der Waals surface area contributed by atoms with E-state index in [1.54, 1.807) is 0 Å². The Morgan fingerprint density at radius 1 is 1.00 bits per heavy atom. The van der Waals surface area contributed by atoms with Gasteiger partial charge in [0.1, 0.15) is 19.7 Å². The molecule has 0 saturated heterocycles. The second-order valence-electron chi connectivity index (χ2n) is 6.08. The van der Waals surface area contributed by atoms with Crippen LogP contribution in [0.3, 0.4) is 0 Å².